The van der Waals surface area contributed by atoms with Crippen LogP contribution in [0.1, 0.15) is 11.3 Å². The third kappa shape index (κ3) is 4.39. The molecule has 2 heterocycles. The summed E-state index contributed by atoms with van der Waals surface area (Å²) in [5.41, 5.74) is 2.54. The van der Waals surface area contributed by atoms with Gasteiger partial charge in [-0.2, -0.15) is 0 Å². The molecule has 1 aromatic heterocycles. The van der Waals surface area contributed by atoms with Crippen LogP contribution in [-0.4, -0.2) is 37.6 Å². The van der Waals surface area contributed by atoms with E-state index in [1.54, 1.807) is 31.3 Å². The van der Waals surface area contributed by atoms with Crippen molar-refractivity contribution in [2.45, 2.75) is 13.3 Å². The number of amides is 2. The third-order valence-electron chi connectivity index (χ3n) is 5.27. The molecule has 4 rings (SSSR count). The van der Waals surface area contributed by atoms with Gasteiger partial charge in [0.05, 0.1) is 25.8 Å². The molecule has 7 nitrogen and oxygen atoms in total. The maximum atomic E-state index is 12.8. The average molecular weight is 438 g/mol. The van der Waals surface area contributed by atoms with E-state index in [-0.39, 0.29) is 18.2 Å². The fourth-order valence-corrected chi connectivity index (χ4v) is 4.41. The second kappa shape index (κ2) is 8.77. The van der Waals surface area contributed by atoms with Crippen molar-refractivity contribution in [3.8, 4) is 22.8 Å². The lowest BCUT2D eigenvalue weighted by atomic mass is 10.1. The normalized spacial score (nSPS) is 15.8. The van der Waals surface area contributed by atoms with Crippen LogP contribution in [0, 0.1) is 12.8 Å². The monoisotopic (exact) mass is 437 g/mol. The molecule has 8 heteroatoms. The highest BCUT2D eigenvalue weighted by Crippen LogP contribution is 2.32. The molecule has 0 bridgehead atoms. The number of nitrogens with zero attached hydrogens (tertiary/aromatic N) is 2. The molecule has 1 unspecified atom stereocenters. The van der Waals surface area contributed by atoms with Crippen LogP contribution in [0.3, 0.4) is 0 Å². The van der Waals surface area contributed by atoms with Crippen LogP contribution in [0.4, 0.5) is 10.8 Å². The van der Waals surface area contributed by atoms with Crippen molar-refractivity contribution in [1.82, 2.24) is 4.98 Å². The summed E-state index contributed by atoms with van der Waals surface area (Å²) in [5.74, 6) is 0.802. The van der Waals surface area contributed by atoms with E-state index in [0.717, 1.165) is 33.3 Å². The fraction of sp³-hybridized carbons (Fsp3) is 0.261. The smallest absolute Gasteiger partial charge is 0.231 e. The number of benzene rings is 2. The first kappa shape index (κ1) is 20.9. The molecular weight excluding hydrogens is 414 g/mol. The second-order valence-electron chi connectivity index (χ2n) is 7.24. The lowest BCUT2D eigenvalue weighted by Crippen LogP contribution is -2.28. The zero-order valence-corrected chi connectivity index (χ0v) is 18.4. The van der Waals surface area contributed by atoms with E-state index in [1.807, 2.05) is 43.3 Å². The number of carbonyl (C=O) groups is 2. The number of hydrogen-bond acceptors (Lipinski definition) is 6. The maximum absolute atomic E-state index is 12.8. The zero-order valence-electron chi connectivity index (χ0n) is 17.5. The molecule has 1 aliphatic rings. The summed E-state index contributed by atoms with van der Waals surface area (Å²) in [4.78, 5) is 32.5. The quantitative estimate of drug-likeness (QED) is 0.627. The topological polar surface area (TPSA) is 80.8 Å². The number of hydrogen-bond donors (Lipinski definition) is 1. The lowest BCUT2D eigenvalue weighted by Gasteiger charge is -2.16. The minimum atomic E-state index is -0.428. The molecular formula is C23H23N3O4S. The van der Waals surface area contributed by atoms with Crippen LogP contribution in [0.5, 0.6) is 11.5 Å². The summed E-state index contributed by atoms with van der Waals surface area (Å²) < 4.78 is 10.4. The number of ether oxygens (including phenoxy) is 2. The number of anilines is 2. The van der Waals surface area contributed by atoms with Gasteiger partial charge in [0, 0.05) is 29.1 Å². The molecule has 31 heavy (non-hydrogen) atoms. The number of carbonyl (C=O) groups excluding carboxylic acids is 2. The Morgan fingerprint density at radius 2 is 1.68 bits per heavy atom. The SMILES string of the molecule is COc1ccc(-c2nc(NC(=O)C3CC(=O)N(c4ccc(OC)cc4)C3)sc2C)cc1. The van der Waals surface area contributed by atoms with Gasteiger partial charge in [0.25, 0.3) is 0 Å². The summed E-state index contributed by atoms with van der Waals surface area (Å²) in [6.45, 7) is 2.31. The van der Waals surface area contributed by atoms with Gasteiger partial charge in [-0.1, -0.05) is 0 Å². The Hall–Kier alpha value is -3.39. The highest BCUT2D eigenvalue weighted by atomic mass is 32.1. The van der Waals surface area contributed by atoms with Crippen LogP contribution in [0.25, 0.3) is 11.3 Å². The van der Waals surface area contributed by atoms with Crippen molar-refractivity contribution in [1.29, 1.82) is 0 Å². The predicted molar refractivity (Wildman–Crippen MR) is 121 cm³/mol. The van der Waals surface area contributed by atoms with Crippen LogP contribution >= 0.6 is 11.3 Å². The number of aryl methyl sites for hydroxylation is 1. The Balaban J connectivity index is 1.44. The maximum Gasteiger partial charge on any atom is 0.231 e. The number of nitrogens with one attached hydrogen (secondary N) is 1. The van der Waals surface area contributed by atoms with Gasteiger partial charge in [-0.15, -0.1) is 11.3 Å². The lowest BCUT2D eigenvalue weighted by molar-refractivity contribution is -0.122. The first-order valence-corrected chi connectivity index (χ1v) is 10.7. The summed E-state index contributed by atoms with van der Waals surface area (Å²) in [6, 6.07) is 14.9. The van der Waals surface area contributed by atoms with Crippen LogP contribution in [0.2, 0.25) is 0 Å². The zero-order chi connectivity index (χ0) is 22.0. The van der Waals surface area contributed by atoms with Crippen molar-refractivity contribution < 1.29 is 19.1 Å². The molecule has 0 radical (unpaired) electrons. The van der Waals surface area contributed by atoms with Crippen molar-refractivity contribution in [2.24, 2.45) is 5.92 Å². The molecule has 3 aromatic rings. The van der Waals surface area contributed by atoms with E-state index >= 15 is 0 Å². The summed E-state index contributed by atoms with van der Waals surface area (Å²) in [5, 5.41) is 3.42. The number of rotatable bonds is 6. The van der Waals surface area contributed by atoms with E-state index in [0.29, 0.717) is 11.7 Å². The van der Waals surface area contributed by atoms with E-state index in [1.165, 1.54) is 11.3 Å². The van der Waals surface area contributed by atoms with E-state index in [4.69, 9.17) is 9.47 Å². The molecule has 0 aliphatic carbocycles. The predicted octanol–water partition coefficient (Wildman–Crippen LogP) is 4.13. The molecule has 1 fully saturated rings. The summed E-state index contributed by atoms with van der Waals surface area (Å²) in [7, 11) is 3.22. The standard InChI is InChI=1S/C23H23N3O4S/c1-14-21(15-4-8-18(29-2)9-5-15)24-23(31-14)25-22(28)16-12-20(27)26(13-16)17-6-10-19(30-3)11-7-17/h4-11,16H,12-13H2,1-3H3,(H,24,25,28). The van der Waals surface area contributed by atoms with Gasteiger partial charge >= 0.3 is 0 Å². The first-order valence-electron chi connectivity index (χ1n) is 9.85. The van der Waals surface area contributed by atoms with Gasteiger partial charge in [-0.05, 0) is 55.5 Å². The second-order valence-corrected chi connectivity index (χ2v) is 8.45. The highest BCUT2D eigenvalue weighted by molar-refractivity contribution is 7.16. The molecule has 1 atom stereocenters. The molecule has 1 aliphatic heterocycles. The van der Waals surface area contributed by atoms with E-state index < -0.39 is 5.92 Å². The molecule has 160 valence electrons. The Morgan fingerprint density at radius 1 is 1.06 bits per heavy atom. The molecule has 1 N–H and O–H groups in total. The van der Waals surface area contributed by atoms with Gasteiger partial charge < -0.3 is 19.7 Å². The van der Waals surface area contributed by atoms with Gasteiger partial charge in [0.15, 0.2) is 5.13 Å². The fourth-order valence-electron chi connectivity index (χ4n) is 3.57. The molecule has 2 amide bonds. The minimum Gasteiger partial charge on any atom is -0.497 e. The molecule has 0 spiro atoms. The Morgan fingerprint density at radius 3 is 2.29 bits per heavy atom. The van der Waals surface area contributed by atoms with Gasteiger partial charge in [-0.25, -0.2) is 4.98 Å². The van der Waals surface area contributed by atoms with Crippen molar-refractivity contribution in [3.63, 3.8) is 0 Å². The summed E-state index contributed by atoms with van der Waals surface area (Å²) >= 11 is 1.42. The Labute approximate surface area is 184 Å². The van der Waals surface area contributed by atoms with Crippen LogP contribution < -0.4 is 19.7 Å². The van der Waals surface area contributed by atoms with E-state index in [9.17, 15) is 9.59 Å². The molecule has 0 saturated carbocycles. The average Bonchev–Trinajstić information content (AvgIpc) is 3.36. The van der Waals surface area contributed by atoms with Crippen molar-refractivity contribution in [2.75, 3.05) is 31.0 Å². The number of methoxy groups -OCH3 is 2. The molecule has 2 aromatic carbocycles. The minimum absolute atomic E-state index is 0.0699. The first-order chi connectivity index (χ1) is 15.0. The highest BCUT2D eigenvalue weighted by Gasteiger charge is 2.35. The molecule has 1 saturated heterocycles. The Bertz CT molecular complexity index is 1090. The number of aromatic nitrogens is 1. The number of thiazole rings is 1. The largest absolute Gasteiger partial charge is 0.497 e. The van der Waals surface area contributed by atoms with Gasteiger partial charge in [0.1, 0.15) is 11.5 Å². The van der Waals surface area contributed by atoms with Crippen LogP contribution in [0.15, 0.2) is 48.5 Å². The summed E-state index contributed by atoms with van der Waals surface area (Å²) in [6.07, 6.45) is 0.174. The van der Waals surface area contributed by atoms with Gasteiger partial charge in [0.2, 0.25) is 11.8 Å². The third-order valence-corrected chi connectivity index (χ3v) is 6.16. The van der Waals surface area contributed by atoms with Gasteiger partial charge in [-0.3, -0.25) is 9.59 Å². The van der Waals surface area contributed by atoms with Crippen LogP contribution in [-0.2, 0) is 9.59 Å². The van der Waals surface area contributed by atoms with Crippen molar-refractivity contribution in [3.05, 3.63) is 53.4 Å². The van der Waals surface area contributed by atoms with E-state index in [2.05, 4.69) is 10.3 Å². The Kier molecular flexibility index (Phi) is 5.90. The van der Waals surface area contributed by atoms with Crippen molar-refractivity contribution >= 4 is 34.0 Å².